The molecule has 1 unspecified atom stereocenters. The highest BCUT2D eigenvalue weighted by Gasteiger charge is 2.20. The van der Waals surface area contributed by atoms with Crippen LogP contribution in [0.3, 0.4) is 0 Å². The van der Waals surface area contributed by atoms with Gasteiger partial charge in [0.15, 0.2) is 0 Å². The Morgan fingerprint density at radius 2 is 1.26 bits per heavy atom. The summed E-state index contributed by atoms with van der Waals surface area (Å²) in [6.45, 7) is 9.28. The van der Waals surface area contributed by atoms with Crippen molar-refractivity contribution in [2.45, 2.75) is 84.2 Å². The Bertz CT molecular complexity index is 188. The topological polar surface area (TPSA) is 15.8 Å². The van der Waals surface area contributed by atoms with Crippen LogP contribution in [0.25, 0.3) is 0 Å². The largest absolute Gasteiger partial charge is 0.373 e. The zero-order chi connectivity index (χ0) is 13.8. The second kappa shape index (κ2) is 11.7. The summed E-state index contributed by atoms with van der Waals surface area (Å²) in [5.74, 6) is 0. The van der Waals surface area contributed by atoms with Gasteiger partial charge in [0.05, 0.1) is 12.7 Å². The molecule has 1 heterocycles. The normalized spacial score (nSPS) is 18.2. The number of hydrogen-bond donors (Lipinski definition) is 0. The van der Waals surface area contributed by atoms with Crippen molar-refractivity contribution in [3.05, 3.63) is 0 Å². The lowest BCUT2D eigenvalue weighted by atomic mass is 10.1. The molecule has 0 amide bonds. The number of nitrogens with zero attached hydrogens (tertiary/aromatic N) is 1. The van der Waals surface area contributed by atoms with E-state index in [0.717, 1.165) is 6.61 Å². The van der Waals surface area contributed by atoms with Gasteiger partial charge in [0.2, 0.25) is 0 Å². The van der Waals surface area contributed by atoms with Gasteiger partial charge in [-0.3, -0.25) is 0 Å². The highest BCUT2D eigenvalue weighted by molar-refractivity contribution is 4.68. The fourth-order valence-electron chi connectivity index (χ4n) is 2.72. The van der Waals surface area contributed by atoms with E-state index >= 15 is 0 Å². The van der Waals surface area contributed by atoms with E-state index in [1.165, 1.54) is 83.8 Å². The molecular weight excluding hydrogens is 234 g/mol. The second-order valence-corrected chi connectivity index (χ2v) is 5.95. The molecule has 19 heavy (non-hydrogen) atoms. The summed E-state index contributed by atoms with van der Waals surface area (Å²) in [6, 6.07) is 0. The van der Waals surface area contributed by atoms with Gasteiger partial charge in [0.25, 0.3) is 0 Å². The van der Waals surface area contributed by atoms with Gasteiger partial charge in [-0.1, -0.05) is 65.2 Å². The van der Waals surface area contributed by atoms with E-state index in [1.54, 1.807) is 0 Å². The summed E-state index contributed by atoms with van der Waals surface area (Å²) in [5, 5.41) is 0. The Kier molecular flexibility index (Phi) is 10.5. The van der Waals surface area contributed by atoms with E-state index in [9.17, 15) is 0 Å². The Hall–Kier alpha value is -0.0800. The SMILES string of the molecule is CCN(CC)CCCCCCCCCCCC1CO1. The first kappa shape index (κ1) is 17.0. The fourth-order valence-corrected chi connectivity index (χ4v) is 2.72. The Morgan fingerprint density at radius 1 is 0.789 bits per heavy atom. The van der Waals surface area contributed by atoms with Crippen molar-refractivity contribution in [1.29, 1.82) is 0 Å². The van der Waals surface area contributed by atoms with Gasteiger partial charge in [-0.15, -0.1) is 0 Å². The highest BCUT2D eigenvalue weighted by atomic mass is 16.6. The number of epoxide rings is 1. The van der Waals surface area contributed by atoms with Crippen LogP contribution in [0.15, 0.2) is 0 Å². The van der Waals surface area contributed by atoms with Crippen molar-refractivity contribution in [2.24, 2.45) is 0 Å². The molecule has 0 aromatic rings. The molecular formula is C17H35NO. The molecule has 114 valence electrons. The van der Waals surface area contributed by atoms with Crippen LogP contribution >= 0.6 is 0 Å². The van der Waals surface area contributed by atoms with E-state index < -0.39 is 0 Å². The molecule has 0 bridgehead atoms. The Morgan fingerprint density at radius 3 is 1.74 bits per heavy atom. The molecule has 0 radical (unpaired) electrons. The predicted octanol–water partition coefficient (Wildman–Crippen LogP) is 4.63. The summed E-state index contributed by atoms with van der Waals surface area (Å²) in [6.07, 6.45) is 14.8. The van der Waals surface area contributed by atoms with E-state index in [2.05, 4.69) is 18.7 Å². The molecule has 1 aliphatic heterocycles. The molecule has 2 nitrogen and oxygen atoms in total. The molecule has 1 aliphatic rings. The lowest BCUT2D eigenvalue weighted by Crippen LogP contribution is -2.23. The van der Waals surface area contributed by atoms with E-state index in [1.807, 2.05) is 0 Å². The highest BCUT2D eigenvalue weighted by Crippen LogP contribution is 2.18. The van der Waals surface area contributed by atoms with Crippen LogP contribution in [0.5, 0.6) is 0 Å². The summed E-state index contributed by atoms with van der Waals surface area (Å²) in [4.78, 5) is 2.53. The van der Waals surface area contributed by atoms with Gasteiger partial charge in [-0.25, -0.2) is 0 Å². The van der Waals surface area contributed by atoms with E-state index in [-0.39, 0.29) is 0 Å². The smallest absolute Gasteiger partial charge is 0.0810 e. The Labute approximate surface area is 120 Å². The molecule has 0 aromatic carbocycles. The standard InChI is InChI=1S/C17H35NO/c1-3-18(4-2)15-13-11-9-7-5-6-8-10-12-14-17-16-19-17/h17H,3-16H2,1-2H3. The molecule has 1 saturated heterocycles. The van der Waals surface area contributed by atoms with Crippen molar-refractivity contribution in [3.63, 3.8) is 0 Å². The zero-order valence-electron chi connectivity index (χ0n) is 13.3. The van der Waals surface area contributed by atoms with Crippen molar-refractivity contribution in [3.8, 4) is 0 Å². The molecule has 0 spiro atoms. The minimum Gasteiger partial charge on any atom is -0.373 e. The second-order valence-electron chi connectivity index (χ2n) is 5.95. The molecule has 1 rings (SSSR count). The maximum atomic E-state index is 5.22. The lowest BCUT2D eigenvalue weighted by Gasteiger charge is -2.17. The quantitative estimate of drug-likeness (QED) is 0.337. The zero-order valence-corrected chi connectivity index (χ0v) is 13.3. The third kappa shape index (κ3) is 10.4. The maximum Gasteiger partial charge on any atom is 0.0810 e. The number of rotatable bonds is 14. The van der Waals surface area contributed by atoms with Gasteiger partial charge in [0.1, 0.15) is 0 Å². The summed E-state index contributed by atoms with van der Waals surface area (Å²) >= 11 is 0. The van der Waals surface area contributed by atoms with Gasteiger partial charge in [-0.2, -0.15) is 0 Å². The van der Waals surface area contributed by atoms with E-state index in [0.29, 0.717) is 6.10 Å². The number of ether oxygens (including phenoxy) is 1. The van der Waals surface area contributed by atoms with Gasteiger partial charge in [-0.05, 0) is 32.5 Å². The summed E-state index contributed by atoms with van der Waals surface area (Å²) in [5.41, 5.74) is 0. The van der Waals surface area contributed by atoms with Crippen LogP contribution < -0.4 is 0 Å². The molecule has 2 heteroatoms. The number of unbranched alkanes of at least 4 members (excludes halogenated alkanes) is 8. The van der Waals surface area contributed by atoms with Crippen molar-refractivity contribution in [2.75, 3.05) is 26.2 Å². The van der Waals surface area contributed by atoms with Crippen LogP contribution in [0.2, 0.25) is 0 Å². The lowest BCUT2D eigenvalue weighted by molar-refractivity contribution is 0.295. The Balaban J connectivity index is 1.68. The molecule has 0 aromatic heterocycles. The van der Waals surface area contributed by atoms with Crippen LogP contribution in [-0.2, 0) is 4.74 Å². The first-order chi connectivity index (χ1) is 9.36. The minimum absolute atomic E-state index is 0.644. The monoisotopic (exact) mass is 269 g/mol. The molecule has 0 aliphatic carbocycles. The molecule has 0 saturated carbocycles. The van der Waals surface area contributed by atoms with Gasteiger partial charge < -0.3 is 9.64 Å². The molecule has 1 atom stereocenters. The first-order valence-electron chi connectivity index (χ1n) is 8.70. The van der Waals surface area contributed by atoms with Crippen LogP contribution in [-0.4, -0.2) is 37.2 Å². The third-order valence-corrected chi connectivity index (χ3v) is 4.30. The van der Waals surface area contributed by atoms with Crippen LogP contribution in [0, 0.1) is 0 Å². The maximum absolute atomic E-state index is 5.22. The fraction of sp³-hybridized carbons (Fsp3) is 1.00. The first-order valence-corrected chi connectivity index (χ1v) is 8.70. The van der Waals surface area contributed by atoms with Crippen molar-refractivity contribution >= 4 is 0 Å². The predicted molar refractivity (Wildman–Crippen MR) is 83.7 cm³/mol. The number of hydrogen-bond acceptors (Lipinski definition) is 2. The summed E-state index contributed by atoms with van der Waals surface area (Å²) in [7, 11) is 0. The van der Waals surface area contributed by atoms with Gasteiger partial charge in [0, 0.05) is 0 Å². The van der Waals surface area contributed by atoms with E-state index in [4.69, 9.17) is 4.74 Å². The third-order valence-electron chi connectivity index (χ3n) is 4.30. The average molecular weight is 269 g/mol. The van der Waals surface area contributed by atoms with Gasteiger partial charge >= 0.3 is 0 Å². The van der Waals surface area contributed by atoms with Crippen LogP contribution in [0.1, 0.15) is 78.1 Å². The van der Waals surface area contributed by atoms with Crippen molar-refractivity contribution < 1.29 is 4.74 Å². The van der Waals surface area contributed by atoms with Crippen LogP contribution in [0.4, 0.5) is 0 Å². The molecule has 1 fully saturated rings. The minimum atomic E-state index is 0.644. The average Bonchev–Trinajstić information content (AvgIpc) is 3.24. The van der Waals surface area contributed by atoms with Crippen molar-refractivity contribution in [1.82, 2.24) is 4.90 Å². The molecule has 0 N–H and O–H groups in total. The summed E-state index contributed by atoms with van der Waals surface area (Å²) < 4.78 is 5.22.